The van der Waals surface area contributed by atoms with Crippen LogP contribution >= 0.6 is 31.9 Å². The molecule has 0 unspecified atom stereocenters. The summed E-state index contributed by atoms with van der Waals surface area (Å²) >= 11 is 6.69. The van der Waals surface area contributed by atoms with E-state index in [1.165, 1.54) is 0 Å². The van der Waals surface area contributed by atoms with Crippen LogP contribution in [0.1, 0.15) is 11.1 Å². The minimum Gasteiger partial charge on any atom is -0.399 e. The standard InChI is InChI=1S/C14H14Br2N2O2S/c1-8-6-10(17)7-9(2)14(8)21(19,20)18-13-11(15)4-3-5-12(13)16/h3-7,18H,17H2,1-2H3. The molecule has 0 saturated heterocycles. The van der Waals surface area contributed by atoms with E-state index in [0.29, 0.717) is 31.4 Å². The maximum Gasteiger partial charge on any atom is 0.262 e. The third-order valence-electron chi connectivity index (χ3n) is 2.95. The van der Waals surface area contributed by atoms with Crippen molar-refractivity contribution in [2.24, 2.45) is 0 Å². The van der Waals surface area contributed by atoms with Gasteiger partial charge < -0.3 is 5.73 Å². The van der Waals surface area contributed by atoms with Crippen molar-refractivity contribution in [1.29, 1.82) is 0 Å². The van der Waals surface area contributed by atoms with Gasteiger partial charge in [0, 0.05) is 14.6 Å². The fourth-order valence-corrected chi connectivity index (χ4v) is 5.20. The number of benzene rings is 2. The second-order valence-corrected chi connectivity index (χ2v) is 8.01. The lowest BCUT2D eigenvalue weighted by Gasteiger charge is -2.15. The molecule has 4 nitrogen and oxygen atoms in total. The Hall–Kier alpha value is -1.05. The molecule has 112 valence electrons. The monoisotopic (exact) mass is 432 g/mol. The molecule has 0 heterocycles. The maximum atomic E-state index is 12.7. The normalized spacial score (nSPS) is 11.4. The first kappa shape index (κ1) is 16.3. The molecule has 0 aliphatic carbocycles. The molecule has 2 aromatic carbocycles. The van der Waals surface area contributed by atoms with E-state index < -0.39 is 10.0 Å². The molecular formula is C14H14Br2N2O2S. The van der Waals surface area contributed by atoms with Gasteiger partial charge in [0.1, 0.15) is 0 Å². The van der Waals surface area contributed by atoms with Crippen LogP contribution in [0.4, 0.5) is 11.4 Å². The number of hydrogen-bond donors (Lipinski definition) is 2. The lowest BCUT2D eigenvalue weighted by atomic mass is 10.1. The van der Waals surface area contributed by atoms with Crippen LogP contribution in [0.2, 0.25) is 0 Å². The van der Waals surface area contributed by atoms with E-state index in [9.17, 15) is 8.42 Å². The highest BCUT2D eigenvalue weighted by atomic mass is 79.9. The second-order valence-electron chi connectivity index (χ2n) is 4.69. The van der Waals surface area contributed by atoms with Gasteiger partial charge in [0.05, 0.1) is 10.6 Å². The zero-order valence-electron chi connectivity index (χ0n) is 11.4. The number of nitrogens with two attached hydrogens (primary N) is 1. The van der Waals surface area contributed by atoms with Crippen LogP contribution < -0.4 is 10.5 Å². The number of anilines is 2. The number of nitrogen functional groups attached to an aromatic ring is 1. The van der Waals surface area contributed by atoms with Gasteiger partial charge in [-0.15, -0.1) is 0 Å². The first-order valence-electron chi connectivity index (χ1n) is 6.06. The van der Waals surface area contributed by atoms with Crippen molar-refractivity contribution in [2.75, 3.05) is 10.5 Å². The number of nitrogens with one attached hydrogen (secondary N) is 1. The average Bonchev–Trinajstić information content (AvgIpc) is 2.32. The Kier molecular flexibility index (Phi) is 4.65. The van der Waals surface area contributed by atoms with Crippen molar-refractivity contribution < 1.29 is 8.42 Å². The summed E-state index contributed by atoms with van der Waals surface area (Å²) in [7, 11) is -3.70. The summed E-state index contributed by atoms with van der Waals surface area (Å²) in [6, 6.07) is 8.65. The summed E-state index contributed by atoms with van der Waals surface area (Å²) in [4.78, 5) is 0.249. The second kappa shape index (κ2) is 5.98. The fourth-order valence-electron chi connectivity index (χ4n) is 2.19. The summed E-state index contributed by atoms with van der Waals surface area (Å²) in [5, 5.41) is 0. The number of sulfonamides is 1. The maximum absolute atomic E-state index is 12.7. The summed E-state index contributed by atoms with van der Waals surface area (Å²) in [6.45, 7) is 3.46. The molecule has 2 rings (SSSR count). The average molecular weight is 434 g/mol. The predicted octanol–water partition coefficient (Wildman–Crippen LogP) is 4.21. The third kappa shape index (κ3) is 3.41. The first-order valence-corrected chi connectivity index (χ1v) is 9.13. The molecule has 7 heteroatoms. The number of halogens is 2. The van der Waals surface area contributed by atoms with E-state index in [1.807, 2.05) is 6.07 Å². The zero-order valence-corrected chi connectivity index (χ0v) is 15.4. The van der Waals surface area contributed by atoms with E-state index in [0.717, 1.165) is 0 Å². The molecule has 21 heavy (non-hydrogen) atoms. The molecular weight excluding hydrogens is 420 g/mol. The van der Waals surface area contributed by atoms with Gasteiger partial charge >= 0.3 is 0 Å². The Bertz CT molecular complexity index is 761. The Morgan fingerprint density at radius 3 is 2.00 bits per heavy atom. The highest BCUT2D eigenvalue weighted by molar-refractivity contribution is 9.11. The molecule has 0 atom stereocenters. The van der Waals surface area contributed by atoms with Crippen LogP contribution in [-0.4, -0.2) is 8.42 Å². The number of aryl methyl sites for hydroxylation is 2. The van der Waals surface area contributed by atoms with Gasteiger partial charge in [0.25, 0.3) is 10.0 Å². The Labute approximate surface area is 141 Å². The van der Waals surface area contributed by atoms with Crippen LogP contribution in [0.15, 0.2) is 44.2 Å². The predicted molar refractivity (Wildman–Crippen MR) is 93.0 cm³/mol. The van der Waals surface area contributed by atoms with E-state index in [2.05, 4.69) is 36.6 Å². The van der Waals surface area contributed by atoms with Gasteiger partial charge in [-0.25, -0.2) is 8.42 Å². The van der Waals surface area contributed by atoms with Crippen molar-refractivity contribution in [3.8, 4) is 0 Å². The minimum atomic E-state index is -3.70. The SMILES string of the molecule is Cc1cc(N)cc(C)c1S(=O)(=O)Nc1c(Br)cccc1Br. The molecule has 0 aliphatic rings. The van der Waals surface area contributed by atoms with Crippen LogP contribution in [0.25, 0.3) is 0 Å². The summed E-state index contributed by atoms with van der Waals surface area (Å²) < 4.78 is 29.3. The van der Waals surface area contributed by atoms with Crippen molar-refractivity contribution in [1.82, 2.24) is 0 Å². The van der Waals surface area contributed by atoms with Crippen LogP contribution in [0.3, 0.4) is 0 Å². The molecule has 0 amide bonds. The van der Waals surface area contributed by atoms with Crippen LogP contribution in [0, 0.1) is 13.8 Å². The molecule has 2 aromatic rings. The fraction of sp³-hybridized carbons (Fsp3) is 0.143. The topological polar surface area (TPSA) is 72.2 Å². The lowest BCUT2D eigenvalue weighted by molar-refractivity contribution is 0.600. The van der Waals surface area contributed by atoms with Gasteiger partial charge in [-0.05, 0) is 81.1 Å². The number of rotatable bonds is 3. The summed E-state index contributed by atoms with van der Waals surface area (Å²) in [5.41, 5.74) is 7.98. The highest BCUT2D eigenvalue weighted by Gasteiger charge is 2.22. The Balaban J connectivity index is 2.54. The molecule has 0 radical (unpaired) electrons. The molecule has 0 spiro atoms. The van der Waals surface area contributed by atoms with E-state index in [1.54, 1.807) is 38.1 Å². The third-order valence-corrected chi connectivity index (χ3v) is 5.93. The van der Waals surface area contributed by atoms with E-state index in [4.69, 9.17) is 5.73 Å². The molecule has 0 aromatic heterocycles. The Morgan fingerprint density at radius 2 is 1.52 bits per heavy atom. The number of para-hydroxylation sites is 1. The lowest BCUT2D eigenvalue weighted by Crippen LogP contribution is -2.16. The van der Waals surface area contributed by atoms with Crippen LogP contribution in [0.5, 0.6) is 0 Å². The van der Waals surface area contributed by atoms with Gasteiger partial charge in [0.15, 0.2) is 0 Å². The van der Waals surface area contributed by atoms with E-state index in [-0.39, 0.29) is 4.90 Å². The van der Waals surface area contributed by atoms with E-state index >= 15 is 0 Å². The largest absolute Gasteiger partial charge is 0.399 e. The molecule has 0 saturated carbocycles. The van der Waals surface area contributed by atoms with Gasteiger partial charge in [-0.2, -0.15) is 0 Å². The molecule has 0 fully saturated rings. The molecule has 3 N–H and O–H groups in total. The molecule has 0 aliphatic heterocycles. The quantitative estimate of drug-likeness (QED) is 0.712. The molecule has 0 bridgehead atoms. The van der Waals surface area contributed by atoms with Gasteiger partial charge in [-0.3, -0.25) is 4.72 Å². The summed E-state index contributed by atoms with van der Waals surface area (Å²) in [6.07, 6.45) is 0. The van der Waals surface area contributed by atoms with Crippen molar-refractivity contribution in [3.63, 3.8) is 0 Å². The number of hydrogen-bond acceptors (Lipinski definition) is 3. The van der Waals surface area contributed by atoms with Crippen molar-refractivity contribution >= 4 is 53.3 Å². The zero-order chi connectivity index (χ0) is 15.8. The summed E-state index contributed by atoms with van der Waals surface area (Å²) in [5.74, 6) is 0. The van der Waals surface area contributed by atoms with Gasteiger partial charge in [0.2, 0.25) is 0 Å². The Morgan fingerprint density at radius 1 is 1.05 bits per heavy atom. The minimum absolute atomic E-state index is 0.249. The van der Waals surface area contributed by atoms with Crippen molar-refractivity contribution in [2.45, 2.75) is 18.7 Å². The van der Waals surface area contributed by atoms with Crippen LogP contribution in [-0.2, 0) is 10.0 Å². The van der Waals surface area contributed by atoms with Crippen molar-refractivity contribution in [3.05, 3.63) is 50.4 Å². The van der Waals surface area contributed by atoms with Gasteiger partial charge in [-0.1, -0.05) is 6.07 Å². The smallest absolute Gasteiger partial charge is 0.262 e. The first-order chi connectivity index (χ1) is 9.72. The highest BCUT2D eigenvalue weighted by Crippen LogP contribution is 2.33.